The molecule has 0 fully saturated rings. The summed E-state index contributed by atoms with van der Waals surface area (Å²) in [6.45, 7) is 0.415. The largest absolute Gasteiger partial charge is 0.454 e. The Morgan fingerprint density at radius 2 is 1.77 bits per heavy atom. The highest BCUT2D eigenvalue weighted by molar-refractivity contribution is 5.89. The van der Waals surface area contributed by atoms with E-state index in [1.807, 2.05) is 0 Å². The zero-order valence-electron chi connectivity index (χ0n) is 11.4. The van der Waals surface area contributed by atoms with E-state index in [1.54, 1.807) is 18.2 Å². The quantitative estimate of drug-likeness (QED) is 0.916. The van der Waals surface area contributed by atoms with E-state index in [-0.39, 0.29) is 19.0 Å². The second-order valence-electron chi connectivity index (χ2n) is 4.65. The van der Waals surface area contributed by atoms with Gasteiger partial charge in [0.05, 0.1) is 0 Å². The molecule has 0 aromatic heterocycles. The molecule has 2 N–H and O–H groups in total. The van der Waals surface area contributed by atoms with E-state index in [1.165, 1.54) is 0 Å². The van der Waals surface area contributed by atoms with Crippen LogP contribution >= 0.6 is 0 Å². The van der Waals surface area contributed by atoms with Gasteiger partial charge in [-0.3, -0.25) is 0 Å². The van der Waals surface area contributed by atoms with Crippen molar-refractivity contribution in [2.75, 3.05) is 12.1 Å². The molecule has 0 atom stereocenters. The molecule has 1 aliphatic heterocycles. The number of rotatable bonds is 3. The minimum atomic E-state index is -0.758. The molecule has 2 aromatic carbocycles. The van der Waals surface area contributed by atoms with Gasteiger partial charge < -0.3 is 20.1 Å². The maximum absolute atomic E-state index is 13.0. The fourth-order valence-electron chi connectivity index (χ4n) is 2.03. The molecule has 0 saturated carbocycles. The molecule has 0 radical (unpaired) electrons. The van der Waals surface area contributed by atoms with Crippen molar-refractivity contribution in [2.24, 2.45) is 0 Å². The lowest BCUT2D eigenvalue weighted by molar-refractivity contribution is 0.174. The fraction of sp³-hybridized carbons (Fsp3) is 0.133. The van der Waals surface area contributed by atoms with Crippen LogP contribution in [0.4, 0.5) is 19.3 Å². The smallest absolute Gasteiger partial charge is 0.319 e. The van der Waals surface area contributed by atoms with Crippen LogP contribution in [0.1, 0.15) is 5.56 Å². The molecule has 2 aromatic rings. The molecule has 5 nitrogen and oxygen atoms in total. The maximum atomic E-state index is 13.0. The molecule has 22 heavy (non-hydrogen) atoms. The van der Waals surface area contributed by atoms with Gasteiger partial charge in [-0.05, 0) is 29.8 Å². The number of nitrogens with one attached hydrogen (secondary N) is 2. The maximum Gasteiger partial charge on any atom is 0.319 e. The summed E-state index contributed by atoms with van der Waals surface area (Å²) in [5, 5.41) is 4.95. The predicted octanol–water partition coefficient (Wildman–Crippen LogP) is 3.02. The van der Waals surface area contributed by atoms with Gasteiger partial charge in [0.15, 0.2) is 11.5 Å². The summed E-state index contributed by atoms with van der Waals surface area (Å²) in [6.07, 6.45) is 0. The van der Waals surface area contributed by atoms with Gasteiger partial charge >= 0.3 is 6.03 Å². The van der Waals surface area contributed by atoms with Crippen LogP contribution in [0.3, 0.4) is 0 Å². The standard InChI is InChI=1S/C15H12F2N2O3/c16-10-4-11(17)6-12(5-10)19-15(20)18-7-9-1-2-13-14(3-9)22-8-21-13/h1-6H,7-8H2,(H2,18,19,20). The van der Waals surface area contributed by atoms with Crippen LogP contribution in [0.2, 0.25) is 0 Å². The first-order valence-corrected chi connectivity index (χ1v) is 6.49. The van der Waals surface area contributed by atoms with E-state index in [0.29, 0.717) is 11.5 Å². The first-order chi connectivity index (χ1) is 10.6. The minimum Gasteiger partial charge on any atom is -0.454 e. The third-order valence-corrected chi connectivity index (χ3v) is 3.01. The molecule has 0 aliphatic carbocycles. The van der Waals surface area contributed by atoms with Crippen LogP contribution in [-0.4, -0.2) is 12.8 Å². The summed E-state index contributed by atoms with van der Waals surface area (Å²) in [7, 11) is 0. The van der Waals surface area contributed by atoms with Crippen molar-refractivity contribution in [2.45, 2.75) is 6.54 Å². The minimum absolute atomic E-state index is 0.0423. The average Bonchev–Trinajstić information content (AvgIpc) is 2.91. The lowest BCUT2D eigenvalue weighted by atomic mass is 10.2. The molecule has 0 spiro atoms. The van der Waals surface area contributed by atoms with Gasteiger partial charge in [0, 0.05) is 18.3 Å². The van der Waals surface area contributed by atoms with Crippen molar-refractivity contribution in [1.29, 1.82) is 0 Å². The van der Waals surface area contributed by atoms with E-state index in [9.17, 15) is 13.6 Å². The average molecular weight is 306 g/mol. The lowest BCUT2D eigenvalue weighted by Crippen LogP contribution is -2.28. The van der Waals surface area contributed by atoms with Crippen molar-refractivity contribution < 1.29 is 23.0 Å². The summed E-state index contributed by atoms with van der Waals surface area (Å²) in [5.41, 5.74) is 0.852. The van der Waals surface area contributed by atoms with Crippen LogP contribution in [0.25, 0.3) is 0 Å². The highest BCUT2D eigenvalue weighted by Crippen LogP contribution is 2.32. The highest BCUT2D eigenvalue weighted by atomic mass is 19.1. The predicted molar refractivity (Wildman–Crippen MR) is 74.8 cm³/mol. The zero-order valence-corrected chi connectivity index (χ0v) is 11.4. The number of benzene rings is 2. The monoisotopic (exact) mass is 306 g/mol. The normalized spacial score (nSPS) is 12.1. The Balaban J connectivity index is 1.58. The van der Waals surface area contributed by atoms with Crippen LogP contribution in [0, 0.1) is 11.6 Å². The van der Waals surface area contributed by atoms with Crippen LogP contribution in [-0.2, 0) is 6.54 Å². The number of carbonyl (C=O) groups excluding carboxylic acids is 1. The number of ether oxygens (including phenoxy) is 2. The Morgan fingerprint density at radius 3 is 2.55 bits per heavy atom. The number of hydrogen-bond donors (Lipinski definition) is 2. The lowest BCUT2D eigenvalue weighted by Gasteiger charge is -2.08. The number of urea groups is 1. The molecule has 2 amide bonds. The Morgan fingerprint density at radius 1 is 1.05 bits per heavy atom. The summed E-state index contributed by atoms with van der Waals surface area (Å²) >= 11 is 0. The van der Waals surface area contributed by atoms with E-state index < -0.39 is 17.7 Å². The highest BCUT2D eigenvalue weighted by Gasteiger charge is 2.13. The second-order valence-corrected chi connectivity index (χ2v) is 4.65. The number of halogens is 2. The number of amides is 2. The summed E-state index contributed by atoms with van der Waals surface area (Å²) in [4.78, 5) is 11.7. The van der Waals surface area contributed by atoms with E-state index in [4.69, 9.17) is 9.47 Å². The van der Waals surface area contributed by atoms with E-state index in [0.717, 1.165) is 23.8 Å². The van der Waals surface area contributed by atoms with Gasteiger partial charge in [0.2, 0.25) is 6.79 Å². The van der Waals surface area contributed by atoms with Crippen molar-refractivity contribution >= 4 is 11.7 Å². The number of hydrogen-bond acceptors (Lipinski definition) is 3. The van der Waals surface area contributed by atoms with Gasteiger partial charge in [-0.2, -0.15) is 0 Å². The van der Waals surface area contributed by atoms with Crippen molar-refractivity contribution in [3.05, 3.63) is 53.6 Å². The van der Waals surface area contributed by atoms with Crippen LogP contribution < -0.4 is 20.1 Å². The molecule has 3 rings (SSSR count). The fourth-order valence-corrected chi connectivity index (χ4v) is 2.03. The van der Waals surface area contributed by atoms with Crippen LogP contribution in [0.15, 0.2) is 36.4 Å². The first-order valence-electron chi connectivity index (χ1n) is 6.49. The Kier molecular flexibility index (Phi) is 3.78. The molecule has 1 heterocycles. The molecular formula is C15H12F2N2O3. The van der Waals surface area contributed by atoms with Gasteiger partial charge in [0.25, 0.3) is 0 Å². The zero-order chi connectivity index (χ0) is 15.5. The summed E-state index contributed by atoms with van der Waals surface area (Å²) in [5.74, 6) is -0.243. The Labute approximate surface area is 124 Å². The molecule has 0 unspecified atom stereocenters. The molecule has 1 aliphatic rings. The van der Waals surface area contributed by atoms with Gasteiger partial charge in [0.1, 0.15) is 11.6 Å². The van der Waals surface area contributed by atoms with Gasteiger partial charge in [-0.15, -0.1) is 0 Å². The third-order valence-electron chi connectivity index (χ3n) is 3.01. The van der Waals surface area contributed by atoms with E-state index in [2.05, 4.69) is 10.6 Å². The third kappa shape index (κ3) is 3.25. The molecule has 7 heteroatoms. The number of carbonyl (C=O) groups is 1. The van der Waals surface area contributed by atoms with Crippen molar-refractivity contribution in [3.8, 4) is 11.5 Å². The molecule has 0 saturated heterocycles. The summed E-state index contributed by atoms with van der Waals surface area (Å²) < 4.78 is 36.5. The number of fused-ring (bicyclic) bond motifs is 1. The Hall–Kier alpha value is -2.83. The second kappa shape index (κ2) is 5.88. The molecule has 0 bridgehead atoms. The van der Waals surface area contributed by atoms with Crippen molar-refractivity contribution in [1.82, 2.24) is 5.32 Å². The SMILES string of the molecule is O=C(NCc1ccc2c(c1)OCO2)Nc1cc(F)cc(F)c1. The van der Waals surface area contributed by atoms with Gasteiger partial charge in [-0.25, -0.2) is 13.6 Å². The summed E-state index contributed by atoms with van der Waals surface area (Å²) in [6, 6.07) is 7.52. The van der Waals surface area contributed by atoms with E-state index >= 15 is 0 Å². The number of anilines is 1. The first kappa shape index (κ1) is 14.1. The van der Waals surface area contributed by atoms with Crippen LogP contribution in [0.5, 0.6) is 11.5 Å². The Bertz CT molecular complexity index is 702. The van der Waals surface area contributed by atoms with Crippen molar-refractivity contribution in [3.63, 3.8) is 0 Å². The molecule has 114 valence electrons. The van der Waals surface area contributed by atoms with Gasteiger partial charge in [-0.1, -0.05) is 6.07 Å². The topological polar surface area (TPSA) is 59.6 Å². The molecular weight excluding hydrogens is 294 g/mol.